The van der Waals surface area contributed by atoms with E-state index in [0.29, 0.717) is 22.7 Å². The second kappa shape index (κ2) is 5.72. The second-order valence-corrected chi connectivity index (χ2v) is 6.76. The summed E-state index contributed by atoms with van der Waals surface area (Å²) in [6.45, 7) is 4.89. The van der Waals surface area contributed by atoms with Crippen LogP contribution in [0.3, 0.4) is 0 Å². The van der Waals surface area contributed by atoms with Gasteiger partial charge in [0.2, 0.25) is 10.1 Å². The van der Waals surface area contributed by atoms with E-state index in [1.807, 2.05) is 18.5 Å². The second-order valence-electron chi connectivity index (χ2n) is 5.81. The van der Waals surface area contributed by atoms with Gasteiger partial charge in [0, 0.05) is 24.8 Å². The van der Waals surface area contributed by atoms with Crippen molar-refractivity contribution in [3.8, 4) is 0 Å². The van der Waals surface area contributed by atoms with Crippen LogP contribution in [0.15, 0.2) is 41.6 Å². The van der Waals surface area contributed by atoms with Crippen LogP contribution < -0.4 is 10.9 Å². The molecule has 0 fully saturated rings. The number of hydrogen-bond donors (Lipinski definition) is 1. The fourth-order valence-electron chi connectivity index (χ4n) is 2.59. The Balaban J connectivity index is 1.60. The summed E-state index contributed by atoms with van der Waals surface area (Å²) in [5.41, 5.74) is 3.06. The molecule has 0 bridgehead atoms. The van der Waals surface area contributed by atoms with E-state index >= 15 is 0 Å². The van der Waals surface area contributed by atoms with Gasteiger partial charge in [0.15, 0.2) is 0 Å². The van der Waals surface area contributed by atoms with Crippen LogP contribution in [-0.2, 0) is 6.54 Å². The van der Waals surface area contributed by atoms with Crippen LogP contribution in [0.1, 0.15) is 25.5 Å². The lowest BCUT2D eigenvalue weighted by Gasteiger charge is -2.09. The zero-order valence-electron chi connectivity index (χ0n) is 13.3. The van der Waals surface area contributed by atoms with E-state index in [0.717, 1.165) is 16.6 Å². The number of nitrogens with zero attached hydrogens (tertiary/aromatic N) is 5. The van der Waals surface area contributed by atoms with Gasteiger partial charge >= 0.3 is 0 Å². The van der Waals surface area contributed by atoms with E-state index in [-0.39, 0.29) is 5.56 Å². The van der Waals surface area contributed by atoms with Crippen LogP contribution in [0, 0.1) is 0 Å². The fraction of sp³-hybridized carbons (Fsp3) is 0.250. The lowest BCUT2D eigenvalue weighted by molar-refractivity contribution is 0.617. The Morgan fingerprint density at radius 3 is 2.92 bits per heavy atom. The van der Waals surface area contributed by atoms with Crippen molar-refractivity contribution in [1.29, 1.82) is 0 Å². The summed E-state index contributed by atoms with van der Waals surface area (Å²) in [6, 6.07) is 7.96. The predicted molar refractivity (Wildman–Crippen MR) is 94.6 cm³/mol. The van der Waals surface area contributed by atoms with Crippen molar-refractivity contribution in [1.82, 2.24) is 24.1 Å². The Morgan fingerprint density at radius 1 is 1.25 bits per heavy atom. The predicted octanol–water partition coefficient (Wildman–Crippen LogP) is 2.69. The minimum absolute atomic E-state index is 0.174. The van der Waals surface area contributed by atoms with Gasteiger partial charge in [0.1, 0.15) is 0 Å². The van der Waals surface area contributed by atoms with Gasteiger partial charge in [0.25, 0.3) is 5.56 Å². The summed E-state index contributed by atoms with van der Waals surface area (Å²) >= 11 is 1.36. The minimum atomic E-state index is -0.174. The van der Waals surface area contributed by atoms with Gasteiger partial charge in [-0.05, 0) is 31.5 Å². The fourth-order valence-corrected chi connectivity index (χ4v) is 3.36. The number of nitrogens with one attached hydrogen (secondary N) is 1. The van der Waals surface area contributed by atoms with E-state index in [2.05, 4.69) is 44.9 Å². The average molecular weight is 340 g/mol. The number of benzene rings is 1. The highest BCUT2D eigenvalue weighted by Crippen LogP contribution is 2.21. The largest absolute Gasteiger partial charge is 0.356 e. The quantitative estimate of drug-likeness (QED) is 0.618. The molecule has 3 aromatic heterocycles. The number of aromatic nitrogens is 5. The molecule has 0 aliphatic carbocycles. The summed E-state index contributed by atoms with van der Waals surface area (Å²) < 4.78 is 3.46. The van der Waals surface area contributed by atoms with Crippen molar-refractivity contribution >= 4 is 32.5 Å². The summed E-state index contributed by atoms with van der Waals surface area (Å²) in [6.07, 6.45) is 3.37. The van der Waals surface area contributed by atoms with Gasteiger partial charge in [-0.25, -0.2) is 9.97 Å². The van der Waals surface area contributed by atoms with Crippen molar-refractivity contribution < 1.29 is 0 Å². The lowest BCUT2D eigenvalue weighted by atomic mass is 10.2. The molecule has 8 heteroatoms. The molecule has 0 aliphatic rings. The van der Waals surface area contributed by atoms with Crippen molar-refractivity contribution in [2.24, 2.45) is 0 Å². The van der Waals surface area contributed by atoms with Gasteiger partial charge in [-0.3, -0.25) is 4.79 Å². The maximum atomic E-state index is 11.7. The van der Waals surface area contributed by atoms with E-state index in [4.69, 9.17) is 0 Å². The molecule has 7 nitrogen and oxygen atoms in total. The zero-order valence-corrected chi connectivity index (χ0v) is 14.1. The first-order chi connectivity index (χ1) is 11.6. The molecule has 1 aromatic carbocycles. The third-order valence-corrected chi connectivity index (χ3v) is 4.69. The Morgan fingerprint density at radius 2 is 2.12 bits per heavy atom. The first kappa shape index (κ1) is 14.8. The maximum Gasteiger partial charge on any atom is 0.275 e. The molecule has 122 valence electrons. The number of rotatable bonds is 4. The van der Waals surface area contributed by atoms with E-state index in [1.165, 1.54) is 28.1 Å². The molecule has 4 aromatic rings. The summed E-state index contributed by atoms with van der Waals surface area (Å²) in [7, 11) is 0. The monoisotopic (exact) mass is 340 g/mol. The van der Waals surface area contributed by atoms with E-state index in [1.54, 1.807) is 0 Å². The van der Waals surface area contributed by atoms with Gasteiger partial charge in [-0.15, -0.1) is 5.10 Å². The van der Waals surface area contributed by atoms with Crippen LogP contribution >= 0.6 is 11.3 Å². The Labute approximate surface area is 141 Å². The molecule has 3 heterocycles. The Hall–Kier alpha value is -2.74. The number of anilines is 1. The standard InChI is InChI=1S/C16H16N6OS/c1-10(2)21-9-19-12-4-3-11(7-13(12)21)8-18-15-20-22-14(23)5-6-17-16(22)24-15/h3-7,9-10H,8H2,1-2H3,(H,18,20). The van der Waals surface area contributed by atoms with Crippen LogP contribution in [-0.4, -0.2) is 24.1 Å². The number of imidazole rings is 1. The zero-order chi connectivity index (χ0) is 16.7. The summed E-state index contributed by atoms with van der Waals surface area (Å²) in [5.74, 6) is 0. The van der Waals surface area contributed by atoms with Crippen LogP contribution in [0.5, 0.6) is 0 Å². The molecule has 0 atom stereocenters. The Kier molecular flexibility index (Phi) is 3.53. The first-order valence-electron chi connectivity index (χ1n) is 7.66. The SMILES string of the molecule is CC(C)n1cnc2ccc(CNc3nn4c(=O)ccnc4s3)cc21. The molecule has 0 spiro atoms. The molecule has 4 rings (SSSR count). The molecular formula is C16H16N6OS. The molecule has 24 heavy (non-hydrogen) atoms. The van der Waals surface area contributed by atoms with E-state index < -0.39 is 0 Å². The molecule has 0 amide bonds. The molecule has 0 unspecified atom stereocenters. The van der Waals surface area contributed by atoms with Crippen molar-refractivity contribution in [2.45, 2.75) is 26.4 Å². The highest BCUT2D eigenvalue weighted by molar-refractivity contribution is 7.20. The maximum absolute atomic E-state index is 11.7. The molecule has 0 saturated carbocycles. The van der Waals surface area contributed by atoms with Gasteiger partial charge < -0.3 is 9.88 Å². The normalized spacial score (nSPS) is 11.6. The van der Waals surface area contributed by atoms with E-state index in [9.17, 15) is 4.79 Å². The van der Waals surface area contributed by atoms with Crippen LogP contribution in [0.4, 0.5) is 5.13 Å². The Bertz CT molecular complexity index is 1080. The highest BCUT2D eigenvalue weighted by Gasteiger charge is 2.08. The van der Waals surface area contributed by atoms with Gasteiger partial charge in [0.05, 0.1) is 17.4 Å². The van der Waals surface area contributed by atoms with Crippen molar-refractivity contribution in [3.63, 3.8) is 0 Å². The summed E-state index contributed by atoms with van der Waals surface area (Å²) in [5, 5.41) is 8.19. The first-order valence-corrected chi connectivity index (χ1v) is 8.48. The molecule has 1 N–H and O–H groups in total. The number of fused-ring (bicyclic) bond motifs is 2. The van der Waals surface area contributed by atoms with Crippen LogP contribution in [0.25, 0.3) is 16.0 Å². The van der Waals surface area contributed by atoms with Gasteiger partial charge in [-0.2, -0.15) is 4.52 Å². The van der Waals surface area contributed by atoms with Crippen molar-refractivity contribution in [3.05, 3.63) is 52.7 Å². The molecule has 0 aliphatic heterocycles. The van der Waals surface area contributed by atoms with Crippen LogP contribution in [0.2, 0.25) is 0 Å². The smallest absolute Gasteiger partial charge is 0.275 e. The third-order valence-electron chi connectivity index (χ3n) is 3.81. The van der Waals surface area contributed by atoms with Crippen molar-refractivity contribution in [2.75, 3.05) is 5.32 Å². The lowest BCUT2D eigenvalue weighted by Crippen LogP contribution is -2.12. The summed E-state index contributed by atoms with van der Waals surface area (Å²) in [4.78, 5) is 20.9. The molecular weight excluding hydrogens is 324 g/mol. The molecule has 0 radical (unpaired) electrons. The molecule has 0 saturated heterocycles. The topological polar surface area (TPSA) is 77.1 Å². The third kappa shape index (κ3) is 2.54. The number of hydrogen-bond acceptors (Lipinski definition) is 6. The highest BCUT2D eigenvalue weighted by atomic mass is 32.1. The average Bonchev–Trinajstić information content (AvgIpc) is 3.17. The minimum Gasteiger partial charge on any atom is -0.356 e. The van der Waals surface area contributed by atoms with Gasteiger partial charge in [-0.1, -0.05) is 17.4 Å².